The van der Waals surface area contributed by atoms with Crippen LogP contribution in [0.25, 0.3) is 6.08 Å². The zero-order valence-corrected chi connectivity index (χ0v) is 16.6. The lowest BCUT2D eigenvalue weighted by molar-refractivity contribution is -0.387. The Bertz CT molecular complexity index is 996. The van der Waals surface area contributed by atoms with Crippen molar-refractivity contribution in [2.75, 3.05) is 17.3 Å². The number of amides is 2. The zero-order valence-electron chi connectivity index (χ0n) is 14.2. The number of aliphatic hydroxyl groups excluding tert-OH is 1. The van der Waals surface area contributed by atoms with Crippen LogP contribution in [0, 0.1) is 10.1 Å². The van der Waals surface area contributed by atoms with E-state index in [2.05, 4.69) is 0 Å². The standard InChI is InChI=1S/C18H13ClN2O5S2/c19-12-2-1-3-13(10-12)20-17(23)16(28-18(20)24)9-11-4-5-15(27-7-6-22)14(8-11)21(25)26/h1-5,8-10,22H,6-7H2/b16-9+. The van der Waals surface area contributed by atoms with E-state index < -0.39 is 16.1 Å². The summed E-state index contributed by atoms with van der Waals surface area (Å²) in [6.07, 6.45) is 1.45. The molecular formula is C18H13ClN2O5S2. The molecular weight excluding hydrogens is 424 g/mol. The molecule has 0 atom stereocenters. The first kappa shape index (κ1) is 20.4. The van der Waals surface area contributed by atoms with Crippen molar-refractivity contribution in [1.82, 2.24) is 0 Å². The summed E-state index contributed by atoms with van der Waals surface area (Å²) in [6, 6.07) is 10.9. The third-order valence-electron chi connectivity index (χ3n) is 3.69. The van der Waals surface area contributed by atoms with E-state index in [1.165, 1.54) is 30.0 Å². The van der Waals surface area contributed by atoms with Gasteiger partial charge in [0.25, 0.3) is 16.8 Å². The molecule has 2 aromatic carbocycles. The number of nitro groups is 1. The molecule has 1 N–H and O–H groups in total. The molecule has 0 spiro atoms. The second kappa shape index (κ2) is 8.78. The maximum atomic E-state index is 12.7. The van der Waals surface area contributed by atoms with Gasteiger partial charge in [-0.05, 0) is 47.7 Å². The van der Waals surface area contributed by atoms with Gasteiger partial charge in [-0.15, -0.1) is 11.8 Å². The van der Waals surface area contributed by atoms with E-state index in [1.807, 2.05) is 0 Å². The minimum atomic E-state index is -0.519. The van der Waals surface area contributed by atoms with Crippen molar-refractivity contribution < 1.29 is 19.6 Å². The molecule has 1 aliphatic rings. The third kappa shape index (κ3) is 4.39. The summed E-state index contributed by atoms with van der Waals surface area (Å²) < 4.78 is 0. The number of rotatable bonds is 6. The molecule has 0 aromatic heterocycles. The van der Waals surface area contributed by atoms with E-state index in [1.54, 1.807) is 30.3 Å². The first-order chi connectivity index (χ1) is 13.4. The van der Waals surface area contributed by atoms with Gasteiger partial charge in [-0.1, -0.05) is 23.7 Å². The van der Waals surface area contributed by atoms with E-state index in [0.29, 0.717) is 26.9 Å². The van der Waals surface area contributed by atoms with Gasteiger partial charge < -0.3 is 5.11 Å². The summed E-state index contributed by atoms with van der Waals surface area (Å²) >= 11 is 7.86. The molecule has 144 valence electrons. The highest BCUT2D eigenvalue weighted by Gasteiger charge is 2.36. The monoisotopic (exact) mass is 436 g/mol. The van der Waals surface area contributed by atoms with Crippen molar-refractivity contribution in [3.05, 3.63) is 68.1 Å². The SMILES string of the molecule is O=C1S/C(=C/c2ccc(SCCO)c([N+](=O)[O-])c2)C(=O)N1c1cccc(Cl)c1. The van der Waals surface area contributed by atoms with Crippen LogP contribution >= 0.6 is 35.1 Å². The third-order valence-corrected chi connectivity index (χ3v) is 5.83. The van der Waals surface area contributed by atoms with Crippen LogP contribution in [0.15, 0.2) is 52.3 Å². The van der Waals surface area contributed by atoms with E-state index >= 15 is 0 Å². The van der Waals surface area contributed by atoms with Crippen LogP contribution in [0.3, 0.4) is 0 Å². The number of carbonyl (C=O) groups is 2. The average Bonchev–Trinajstić information content (AvgIpc) is 2.93. The maximum absolute atomic E-state index is 12.7. The van der Waals surface area contributed by atoms with Crippen LogP contribution in [0.4, 0.5) is 16.2 Å². The normalized spacial score (nSPS) is 15.5. The number of aliphatic hydroxyl groups is 1. The molecule has 0 bridgehead atoms. The van der Waals surface area contributed by atoms with Gasteiger partial charge in [0.2, 0.25) is 0 Å². The van der Waals surface area contributed by atoms with Gasteiger partial charge in [0, 0.05) is 16.8 Å². The zero-order chi connectivity index (χ0) is 20.3. The summed E-state index contributed by atoms with van der Waals surface area (Å²) in [5.41, 5.74) is 0.665. The molecule has 0 radical (unpaired) electrons. The number of benzene rings is 2. The average molecular weight is 437 g/mol. The molecule has 2 amide bonds. The Balaban J connectivity index is 1.91. The highest BCUT2D eigenvalue weighted by Crippen LogP contribution is 2.37. The predicted octanol–water partition coefficient (Wildman–Crippen LogP) is 4.57. The fraction of sp³-hybridized carbons (Fsp3) is 0.111. The van der Waals surface area contributed by atoms with Crippen molar-refractivity contribution in [3.63, 3.8) is 0 Å². The summed E-state index contributed by atoms with van der Waals surface area (Å²) in [5.74, 6) is -0.183. The van der Waals surface area contributed by atoms with Crippen molar-refractivity contribution in [3.8, 4) is 0 Å². The van der Waals surface area contributed by atoms with Crippen molar-refractivity contribution in [2.24, 2.45) is 0 Å². The lowest BCUT2D eigenvalue weighted by Gasteiger charge is -2.12. The number of halogens is 1. The summed E-state index contributed by atoms with van der Waals surface area (Å²) in [4.78, 5) is 37.4. The molecule has 3 rings (SSSR count). The predicted molar refractivity (Wildman–Crippen MR) is 111 cm³/mol. The molecule has 7 nitrogen and oxygen atoms in total. The van der Waals surface area contributed by atoms with E-state index in [9.17, 15) is 19.7 Å². The number of hydrogen-bond acceptors (Lipinski definition) is 7. The van der Waals surface area contributed by atoms with E-state index in [-0.39, 0.29) is 17.2 Å². The van der Waals surface area contributed by atoms with Gasteiger partial charge >= 0.3 is 0 Å². The largest absolute Gasteiger partial charge is 0.396 e. The Morgan fingerprint density at radius 3 is 2.71 bits per heavy atom. The Hall–Kier alpha value is -2.33. The Morgan fingerprint density at radius 2 is 2.04 bits per heavy atom. The van der Waals surface area contributed by atoms with Gasteiger partial charge in [-0.2, -0.15) is 0 Å². The maximum Gasteiger partial charge on any atom is 0.298 e. The van der Waals surface area contributed by atoms with Gasteiger partial charge in [0.05, 0.1) is 27.0 Å². The molecule has 28 heavy (non-hydrogen) atoms. The first-order valence-corrected chi connectivity index (χ1v) is 10.1. The Kier molecular flexibility index (Phi) is 6.40. The lowest BCUT2D eigenvalue weighted by Crippen LogP contribution is -2.27. The highest BCUT2D eigenvalue weighted by atomic mass is 35.5. The van der Waals surface area contributed by atoms with Gasteiger partial charge in [0.1, 0.15) is 0 Å². The number of hydrogen-bond donors (Lipinski definition) is 1. The van der Waals surface area contributed by atoms with E-state index in [0.717, 1.165) is 16.7 Å². The van der Waals surface area contributed by atoms with Crippen molar-refractivity contribution in [2.45, 2.75) is 4.90 Å². The van der Waals surface area contributed by atoms with Crippen LogP contribution in [0.2, 0.25) is 5.02 Å². The summed E-state index contributed by atoms with van der Waals surface area (Å²) in [7, 11) is 0. The van der Waals surface area contributed by atoms with Crippen LogP contribution in [-0.2, 0) is 4.79 Å². The number of nitrogens with zero attached hydrogens (tertiary/aromatic N) is 2. The van der Waals surface area contributed by atoms with Gasteiger partial charge in [0.15, 0.2) is 0 Å². The van der Waals surface area contributed by atoms with Crippen molar-refractivity contribution >= 4 is 63.7 Å². The van der Waals surface area contributed by atoms with Crippen LogP contribution in [0.5, 0.6) is 0 Å². The van der Waals surface area contributed by atoms with Crippen LogP contribution in [0.1, 0.15) is 5.56 Å². The van der Waals surface area contributed by atoms with Crippen LogP contribution < -0.4 is 4.90 Å². The smallest absolute Gasteiger partial charge is 0.298 e. The second-order valence-electron chi connectivity index (χ2n) is 5.55. The van der Waals surface area contributed by atoms with Gasteiger partial charge in [-0.25, -0.2) is 4.90 Å². The minimum Gasteiger partial charge on any atom is -0.396 e. The van der Waals surface area contributed by atoms with Gasteiger partial charge in [-0.3, -0.25) is 19.7 Å². The fourth-order valence-corrected chi connectivity index (χ4v) is 4.28. The first-order valence-electron chi connectivity index (χ1n) is 7.96. The molecule has 1 fully saturated rings. The topological polar surface area (TPSA) is 101 Å². The number of anilines is 1. The highest BCUT2D eigenvalue weighted by molar-refractivity contribution is 8.19. The number of nitro benzene ring substituents is 1. The molecule has 0 saturated carbocycles. The fourth-order valence-electron chi connectivity index (χ4n) is 2.50. The molecule has 10 heteroatoms. The molecule has 0 aliphatic carbocycles. The summed E-state index contributed by atoms with van der Waals surface area (Å²) in [5, 5.41) is 20.2. The van der Waals surface area contributed by atoms with Crippen molar-refractivity contribution in [1.29, 1.82) is 0 Å². The van der Waals surface area contributed by atoms with Crippen LogP contribution in [-0.4, -0.2) is 33.5 Å². The molecule has 1 aliphatic heterocycles. The Morgan fingerprint density at radius 1 is 1.25 bits per heavy atom. The second-order valence-corrected chi connectivity index (χ2v) is 8.12. The molecule has 2 aromatic rings. The lowest BCUT2D eigenvalue weighted by atomic mass is 10.2. The van der Waals surface area contributed by atoms with E-state index in [4.69, 9.17) is 16.7 Å². The quantitative estimate of drug-likeness (QED) is 0.306. The molecule has 1 heterocycles. The Labute approximate surface area is 173 Å². The summed E-state index contributed by atoms with van der Waals surface area (Å²) in [6.45, 7) is -0.0970. The molecule has 1 saturated heterocycles. The number of imide groups is 1. The number of carbonyl (C=O) groups excluding carboxylic acids is 2. The molecule has 0 unspecified atom stereocenters. The number of thioether (sulfide) groups is 2. The minimum absolute atomic E-state index is 0.0970.